The van der Waals surface area contributed by atoms with Crippen LogP contribution in [0.5, 0.6) is 0 Å². The summed E-state index contributed by atoms with van der Waals surface area (Å²) < 4.78 is 0.973. The van der Waals surface area contributed by atoms with Crippen molar-refractivity contribution in [1.82, 2.24) is 0 Å². The van der Waals surface area contributed by atoms with Crippen molar-refractivity contribution in [3.8, 4) is 0 Å². The molecular formula is C10H13NSW. The van der Waals surface area contributed by atoms with E-state index in [1.165, 1.54) is 29.8 Å². The van der Waals surface area contributed by atoms with Crippen LogP contribution in [0.25, 0.3) is 0 Å². The fraction of sp³-hybridized carbons (Fsp3) is 0.300. The van der Waals surface area contributed by atoms with E-state index < -0.39 is 0 Å². The Morgan fingerprint density at radius 2 is 2.15 bits per heavy atom. The molecule has 1 aromatic rings. The molecule has 13 heavy (non-hydrogen) atoms. The zero-order valence-corrected chi connectivity index (χ0v) is 11.5. The van der Waals surface area contributed by atoms with Crippen LogP contribution in [0.15, 0.2) is 29.2 Å². The number of thioether (sulfide) groups is 1. The summed E-state index contributed by atoms with van der Waals surface area (Å²) in [4.78, 5) is 1.25. The number of hydrogen-bond donors (Lipinski definition) is 1. The van der Waals surface area contributed by atoms with Crippen LogP contribution in [0, 0.1) is 0 Å². The van der Waals surface area contributed by atoms with Gasteiger partial charge in [-0.15, -0.1) is 0 Å². The molecule has 1 nitrogen and oxygen atoms in total. The van der Waals surface area contributed by atoms with Gasteiger partial charge >= 0.3 is 94.7 Å². The average molecular weight is 363 g/mol. The Bertz CT molecular complexity index is 310. The van der Waals surface area contributed by atoms with Gasteiger partial charge in [0.25, 0.3) is 0 Å². The van der Waals surface area contributed by atoms with Gasteiger partial charge in [-0.2, -0.15) is 0 Å². The van der Waals surface area contributed by atoms with Crippen molar-refractivity contribution in [2.75, 3.05) is 0 Å². The Morgan fingerprint density at radius 1 is 1.46 bits per heavy atom. The van der Waals surface area contributed by atoms with Crippen molar-refractivity contribution in [2.24, 2.45) is 5.73 Å². The molecule has 0 aliphatic rings. The topological polar surface area (TPSA) is 26.0 Å². The summed E-state index contributed by atoms with van der Waals surface area (Å²) in [5.74, 6) is 0.589. The van der Waals surface area contributed by atoms with Crippen molar-refractivity contribution in [3.63, 3.8) is 0 Å². The van der Waals surface area contributed by atoms with Gasteiger partial charge in [-0.3, -0.25) is 0 Å². The van der Waals surface area contributed by atoms with Gasteiger partial charge in [0.05, 0.1) is 0 Å². The van der Waals surface area contributed by atoms with Gasteiger partial charge in [-0.25, -0.2) is 0 Å². The molecule has 0 saturated heterocycles. The third kappa shape index (κ3) is 3.76. The zero-order valence-electron chi connectivity index (χ0n) is 7.78. The van der Waals surface area contributed by atoms with Crippen LogP contribution in [-0.4, -0.2) is 3.35 Å². The van der Waals surface area contributed by atoms with Crippen molar-refractivity contribution < 1.29 is 19.4 Å². The van der Waals surface area contributed by atoms with E-state index in [1.54, 1.807) is 11.8 Å². The van der Waals surface area contributed by atoms with E-state index in [0.717, 1.165) is 3.35 Å². The molecule has 0 amide bonds. The van der Waals surface area contributed by atoms with Gasteiger partial charge < -0.3 is 0 Å². The predicted octanol–water partition coefficient (Wildman–Crippen LogP) is 2.50. The van der Waals surface area contributed by atoms with Gasteiger partial charge in [-0.1, -0.05) is 0 Å². The Balaban J connectivity index is 2.85. The van der Waals surface area contributed by atoms with E-state index in [9.17, 15) is 0 Å². The molecule has 0 bridgehead atoms. The van der Waals surface area contributed by atoms with E-state index in [1.807, 2.05) is 0 Å². The number of benzene rings is 1. The first kappa shape index (κ1) is 11.2. The fourth-order valence-corrected chi connectivity index (χ4v) is 2.66. The molecular weight excluding hydrogens is 350 g/mol. The average Bonchev–Trinajstić information content (AvgIpc) is 2.03. The first-order chi connectivity index (χ1) is 6.09. The third-order valence-electron chi connectivity index (χ3n) is 1.74. The van der Waals surface area contributed by atoms with Crippen LogP contribution in [0.2, 0.25) is 0 Å². The molecule has 1 aromatic carbocycles. The molecule has 0 unspecified atom stereocenters. The summed E-state index contributed by atoms with van der Waals surface area (Å²) in [6.07, 6.45) is 0. The Labute approximate surface area is 94.5 Å². The molecule has 0 atom stereocenters. The van der Waals surface area contributed by atoms with Crippen LogP contribution in [0.1, 0.15) is 25.3 Å². The maximum atomic E-state index is 5.67. The summed E-state index contributed by atoms with van der Waals surface area (Å²) in [6.45, 7) is 4.40. The van der Waals surface area contributed by atoms with Gasteiger partial charge in [0.1, 0.15) is 0 Å². The summed E-state index contributed by atoms with van der Waals surface area (Å²) in [6, 6.07) is 8.57. The molecule has 0 fully saturated rings. The molecule has 0 heterocycles. The molecule has 2 N–H and O–H groups in total. The molecule has 0 aliphatic carbocycles. The second-order valence-corrected chi connectivity index (χ2v) is 6.87. The Hall–Kier alpha value is 0.0883. The van der Waals surface area contributed by atoms with Crippen LogP contribution >= 0.6 is 11.8 Å². The Morgan fingerprint density at radius 3 is 2.69 bits per heavy atom. The fourth-order valence-electron chi connectivity index (χ4n) is 1.05. The van der Waals surface area contributed by atoms with Crippen molar-refractivity contribution in [2.45, 2.75) is 24.7 Å². The molecule has 1 rings (SSSR count). The van der Waals surface area contributed by atoms with Gasteiger partial charge in [0.15, 0.2) is 0 Å². The molecule has 3 heteroatoms. The summed E-state index contributed by atoms with van der Waals surface area (Å²) in [5.41, 5.74) is 7.04. The molecule has 70 valence electrons. The normalized spacial score (nSPS) is 10.5. The Kier molecular flexibility index (Phi) is 4.37. The molecule has 0 radical (unpaired) electrons. The first-order valence-corrected chi connectivity index (χ1v) is 6.45. The van der Waals surface area contributed by atoms with Gasteiger partial charge in [-0.05, 0) is 0 Å². The number of nitrogens with two attached hydrogens (primary N) is 1. The quantitative estimate of drug-likeness (QED) is 0.836. The molecule has 0 aliphatic heterocycles. The van der Waals surface area contributed by atoms with Crippen molar-refractivity contribution in [1.29, 1.82) is 0 Å². The van der Waals surface area contributed by atoms with Crippen LogP contribution < -0.4 is 5.73 Å². The minimum absolute atomic E-state index is 0.589. The standard InChI is InChI=1S/C10H13NS.W/c1-8(2)9-4-3-5-10(6-9)12-7-11;/h3-6,8H,11H2,1-2H3;. The van der Waals surface area contributed by atoms with E-state index in [-0.39, 0.29) is 0 Å². The molecule has 0 saturated carbocycles. The number of rotatable bonds is 3. The van der Waals surface area contributed by atoms with Gasteiger partial charge in [0, 0.05) is 0 Å². The van der Waals surface area contributed by atoms with Gasteiger partial charge in [0.2, 0.25) is 0 Å². The predicted molar refractivity (Wildman–Crippen MR) is 55.6 cm³/mol. The second kappa shape index (κ2) is 5.09. The minimum atomic E-state index is 0.589. The summed E-state index contributed by atoms with van der Waals surface area (Å²) >= 11 is 3.00. The van der Waals surface area contributed by atoms with Crippen molar-refractivity contribution >= 4 is 15.1 Å². The molecule has 0 aromatic heterocycles. The van der Waals surface area contributed by atoms with E-state index in [4.69, 9.17) is 5.73 Å². The van der Waals surface area contributed by atoms with Crippen molar-refractivity contribution in [3.05, 3.63) is 29.8 Å². The molecule has 0 spiro atoms. The SMILES string of the molecule is CC(C)c1cccc(S[C](N)=[W])c1. The summed E-state index contributed by atoms with van der Waals surface area (Å²) in [5, 5.41) is 0. The van der Waals surface area contributed by atoms with Crippen LogP contribution in [-0.2, 0) is 19.4 Å². The van der Waals surface area contributed by atoms with E-state index in [2.05, 4.69) is 38.1 Å². The van der Waals surface area contributed by atoms with Crippen LogP contribution in [0.4, 0.5) is 0 Å². The third-order valence-corrected chi connectivity index (χ3v) is 3.33. The van der Waals surface area contributed by atoms with E-state index in [0.29, 0.717) is 5.92 Å². The number of hydrogen-bond acceptors (Lipinski definition) is 2. The zero-order chi connectivity index (χ0) is 9.84. The maximum absolute atomic E-state index is 5.67. The first-order valence-electron chi connectivity index (χ1n) is 4.17. The summed E-state index contributed by atoms with van der Waals surface area (Å²) in [7, 11) is 0. The second-order valence-electron chi connectivity index (χ2n) is 3.15. The monoisotopic (exact) mass is 363 g/mol. The van der Waals surface area contributed by atoms with Crippen LogP contribution in [0.3, 0.4) is 0 Å². The van der Waals surface area contributed by atoms with E-state index >= 15 is 0 Å².